The van der Waals surface area contributed by atoms with Crippen molar-refractivity contribution >= 4 is 0 Å². The van der Waals surface area contributed by atoms with Crippen molar-refractivity contribution in [1.82, 2.24) is 0 Å². The zero-order valence-electron chi connectivity index (χ0n) is 8.71. The quantitative estimate of drug-likeness (QED) is 0.624. The molecule has 2 atom stereocenters. The predicted octanol–water partition coefficient (Wildman–Crippen LogP) is 2.72. The lowest BCUT2D eigenvalue weighted by atomic mass is 9.84. The van der Waals surface area contributed by atoms with Gasteiger partial charge in [-0.2, -0.15) is 0 Å². The van der Waals surface area contributed by atoms with Gasteiger partial charge >= 0.3 is 0 Å². The van der Waals surface area contributed by atoms with Crippen LogP contribution < -0.4 is 0 Å². The van der Waals surface area contributed by atoms with Crippen LogP contribution in [0.5, 0.6) is 0 Å². The Morgan fingerprint density at radius 2 is 1.85 bits per heavy atom. The van der Waals surface area contributed by atoms with E-state index in [0.717, 1.165) is 6.61 Å². The van der Waals surface area contributed by atoms with E-state index in [4.69, 9.17) is 9.47 Å². The van der Waals surface area contributed by atoms with Crippen molar-refractivity contribution in [1.29, 1.82) is 0 Å². The van der Waals surface area contributed by atoms with Crippen LogP contribution in [-0.4, -0.2) is 18.5 Å². The zero-order valence-corrected chi connectivity index (χ0v) is 8.71. The van der Waals surface area contributed by atoms with Gasteiger partial charge in [0, 0.05) is 5.92 Å². The van der Waals surface area contributed by atoms with E-state index in [-0.39, 0.29) is 11.9 Å². The molecule has 2 nitrogen and oxygen atoms in total. The lowest BCUT2D eigenvalue weighted by Gasteiger charge is -2.35. The molecule has 1 saturated heterocycles. The molecule has 2 aliphatic rings. The average molecular weight is 184 g/mol. The Balaban J connectivity index is 1.97. The van der Waals surface area contributed by atoms with Gasteiger partial charge in [0.25, 0.3) is 0 Å². The second-order valence-electron chi connectivity index (χ2n) is 4.59. The fourth-order valence-corrected chi connectivity index (χ4v) is 2.59. The molecule has 2 unspecified atom stereocenters. The Morgan fingerprint density at radius 1 is 1.15 bits per heavy atom. The maximum Gasteiger partial charge on any atom is 0.168 e. The van der Waals surface area contributed by atoms with E-state index in [1.54, 1.807) is 0 Å². The molecule has 2 fully saturated rings. The minimum Gasteiger partial charge on any atom is -0.347 e. The first-order valence-electron chi connectivity index (χ1n) is 5.52. The van der Waals surface area contributed by atoms with Gasteiger partial charge in [-0.05, 0) is 26.7 Å². The normalized spacial score (nSPS) is 42.5. The lowest BCUT2D eigenvalue weighted by molar-refractivity contribution is -0.196. The third kappa shape index (κ3) is 1.89. The van der Waals surface area contributed by atoms with E-state index in [0.29, 0.717) is 5.92 Å². The Hall–Kier alpha value is -0.0800. The Bertz CT molecular complexity index is 175. The Kier molecular flexibility index (Phi) is 2.61. The summed E-state index contributed by atoms with van der Waals surface area (Å²) in [5, 5.41) is 0. The summed E-state index contributed by atoms with van der Waals surface area (Å²) in [6, 6.07) is 0. The maximum atomic E-state index is 5.87. The predicted molar refractivity (Wildman–Crippen MR) is 51.5 cm³/mol. The topological polar surface area (TPSA) is 18.5 Å². The molecule has 1 saturated carbocycles. The van der Waals surface area contributed by atoms with E-state index in [9.17, 15) is 0 Å². The van der Waals surface area contributed by atoms with E-state index in [2.05, 4.69) is 13.8 Å². The molecule has 1 aliphatic carbocycles. The van der Waals surface area contributed by atoms with Crippen LogP contribution in [0.1, 0.15) is 46.0 Å². The van der Waals surface area contributed by atoms with Crippen LogP contribution in [0.3, 0.4) is 0 Å². The fraction of sp³-hybridized carbons (Fsp3) is 1.00. The van der Waals surface area contributed by atoms with Gasteiger partial charge in [0.05, 0.1) is 12.7 Å². The summed E-state index contributed by atoms with van der Waals surface area (Å²) in [7, 11) is 0. The molecule has 2 heteroatoms. The first-order valence-corrected chi connectivity index (χ1v) is 5.52. The van der Waals surface area contributed by atoms with Gasteiger partial charge in [-0.1, -0.05) is 19.3 Å². The zero-order chi connectivity index (χ0) is 9.31. The molecule has 0 amide bonds. The molecule has 76 valence electrons. The van der Waals surface area contributed by atoms with Crippen LogP contribution in [-0.2, 0) is 9.47 Å². The summed E-state index contributed by atoms with van der Waals surface area (Å²) < 4.78 is 11.6. The lowest BCUT2D eigenvalue weighted by Crippen LogP contribution is -2.37. The molecule has 0 spiro atoms. The summed E-state index contributed by atoms with van der Waals surface area (Å²) in [4.78, 5) is 0. The van der Waals surface area contributed by atoms with Gasteiger partial charge in [0.15, 0.2) is 5.79 Å². The number of rotatable bonds is 1. The smallest absolute Gasteiger partial charge is 0.168 e. The second-order valence-corrected chi connectivity index (χ2v) is 4.59. The monoisotopic (exact) mass is 184 g/mol. The van der Waals surface area contributed by atoms with E-state index < -0.39 is 0 Å². The van der Waals surface area contributed by atoms with Crippen LogP contribution in [0.2, 0.25) is 0 Å². The molecule has 1 aliphatic heterocycles. The fourth-order valence-electron chi connectivity index (χ4n) is 2.59. The van der Waals surface area contributed by atoms with Gasteiger partial charge in [0.2, 0.25) is 0 Å². The Morgan fingerprint density at radius 3 is 2.38 bits per heavy atom. The molecular weight excluding hydrogens is 164 g/mol. The van der Waals surface area contributed by atoms with E-state index >= 15 is 0 Å². The molecule has 0 N–H and O–H groups in total. The highest BCUT2D eigenvalue weighted by atomic mass is 16.7. The first-order chi connectivity index (χ1) is 6.21. The molecule has 1 heterocycles. The number of hydrogen-bond acceptors (Lipinski definition) is 2. The second kappa shape index (κ2) is 3.58. The molecule has 0 aromatic carbocycles. The summed E-state index contributed by atoms with van der Waals surface area (Å²) >= 11 is 0. The molecule has 0 aromatic heterocycles. The number of ether oxygens (including phenoxy) is 2. The van der Waals surface area contributed by atoms with Crippen molar-refractivity contribution in [3.05, 3.63) is 0 Å². The van der Waals surface area contributed by atoms with Crippen molar-refractivity contribution in [2.75, 3.05) is 6.61 Å². The molecular formula is C11H20O2. The maximum absolute atomic E-state index is 5.87. The van der Waals surface area contributed by atoms with Crippen LogP contribution >= 0.6 is 0 Å². The first kappa shape index (κ1) is 9.47. The highest BCUT2D eigenvalue weighted by molar-refractivity contribution is 4.82. The van der Waals surface area contributed by atoms with Crippen molar-refractivity contribution in [3.63, 3.8) is 0 Å². The van der Waals surface area contributed by atoms with Crippen LogP contribution in [0, 0.1) is 5.92 Å². The summed E-state index contributed by atoms with van der Waals surface area (Å²) in [6.45, 7) is 4.98. The Labute approximate surface area is 80.6 Å². The standard InChI is InChI=1S/C11H20O2/c1-9-8-12-11(2,13-9)10-6-4-3-5-7-10/h9-10H,3-8H2,1-2H3. The van der Waals surface area contributed by atoms with Crippen molar-refractivity contribution in [2.24, 2.45) is 5.92 Å². The van der Waals surface area contributed by atoms with Gasteiger partial charge in [-0.25, -0.2) is 0 Å². The van der Waals surface area contributed by atoms with Gasteiger partial charge < -0.3 is 9.47 Å². The third-order valence-corrected chi connectivity index (χ3v) is 3.39. The summed E-state index contributed by atoms with van der Waals surface area (Å²) in [5.41, 5.74) is 0. The molecule has 2 rings (SSSR count). The van der Waals surface area contributed by atoms with E-state index in [1.807, 2.05) is 0 Å². The minimum atomic E-state index is -0.264. The summed E-state index contributed by atoms with van der Waals surface area (Å²) in [6.07, 6.45) is 6.93. The van der Waals surface area contributed by atoms with Crippen LogP contribution in [0.15, 0.2) is 0 Å². The van der Waals surface area contributed by atoms with Crippen LogP contribution in [0.25, 0.3) is 0 Å². The van der Waals surface area contributed by atoms with Crippen molar-refractivity contribution in [2.45, 2.75) is 57.8 Å². The van der Waals surface area contributed by atoms with E-state index in [1.165, 1.54) is 32.1 Å². The van der Waals surface area contributed by atoms with Crippen molar-refractivity contribution < 1.29 is 9.47 Å². The highest BCUT2D eigenvalue weighted by Gasteiger charge is 2.42. The molecule has 0 radical (unpaired) electrons. The van der Waals surface area contributed by atoms with Crippen LogP contribution in [0.4, 0.5) is 0 Å². The third-order valence-electron chi connectivity index (χ3n) is 3.39. The van der Waals surface area contributed by atoms with Crippen molar-refractivity contribution in [3.8, 4) is 0 Å². The number of hydrogen-bond donors (Lipinski definition) is 0. The van der Waals surface area contributed by atoms with Gasteiger partial charge in [-0.15, -0.1) is 0 Å². The van der Waals surface area contributed by atoms with Gasteiger partial charge in [0.1, 0.15) is 0 Å². The largest absolute Gasteiger partial charge is 0.347 e. The average Bonchev–Trinajstić information content (AvgIpc) is 2.49. The molecule has 0 bridgehead atoms. The highest BCUT2D eigenvalue weighted by Crippen LogP contribution is 2.39. The van der Waals surface area contributed by atoms with Gasteiger partial charge in [-0.3, -0.25) is 0 Å². The summed E-state index contributed by atoms with van der Waals surface area (Å²) in [5.74, 6) is 0.367. The molecule has 0 aromatic rings. The molecule has 13 heavy (non-hydrogen) atoms. The minimum absolute atomic E-state index is 0.264. The SMILES string of the molecule is CC1COC(C)(C2CCCCC2)O1.